The van der Waals surface area contributed by atoms with Crippen LogP contribution in [0.4, 0.5) is 11.4 Å². The minimum absolute atomic E-state index is 0.0504. The van der Waals surface area contributed by atoms with Gasteiger partial charge in [-0.2, -0.15) is 0 Å². The summed E-state index contributed by atoms with van der Waals surface area (Å²) in [5, 5.41) is 0. The molecular formula is C32H45N5O5. The predicted molar refractivity (Wildman–Crippen MR) is 164 cm³/mol. The first kappa shape index (κ1) is 32.4. The van der Waals surface area contributed by atoms with Crippen molar-refractivity contribution in [2.45, 2.75) is 57.5 Å². The number of anilines is 2. The maximum Gasteiger partial charge on any atom is 0.397 e. The summed E-state index contributed by atoms with van der Waals surface area (Å²) in [5.74, 6) is -2.73. The van der Waals surface area contributed by atoms with Crippen molar-refractivity contribution in [3.05, 3.63) is 59.7 Å². The van der Waals surface area contributed by atoms with E-state index >= 15 is 0 Å². The molecule has 2 aliphatic heterocycles. The fourth-order valence-corrected chi connectivity index (χ4v) is 5.51. The van der Waals surface area contributed by atoms with Crippen molar-refractivity contribution in [3.8, 4) is 0 Å². The number of nitrogens with two attached hydrogens (primary N) is 1. The van der Waals surface area contributed by atoms with Gasteiger partial charge >= 0.3 is 23.7 Å². The number of likely N-dealkylation sites (tertiary alicyclic amines) is 2. The van der Waals surface area contributed by atoms with Crippen LogP contribution in [0.3, 0.4) is 0 Å². The van der Waals surface area contributed by atoms with Crippen molar-refractivity contribution in [3.63, 3.8) is 0 Å². The second-order valence-corrected chi connectivity index (χ2v) is 11.1. The van der Waals surface area contributed by atoms with Crippen LogP contribution in [0.2, 0.25) is 0 Å². The van der Waals surface area contributed by atoms with Gasteiger partial charge in [-0.05, 0) is 80.8 Å². The molecule has 2 atom stereocenters. The van der Waals surface area contributed by atoms with Crippen molar-refractivity contribution in [1.29, 1.82) is 0 Å². The number of nitrogens with zero attached hydrogens (tertiary/aromatic N) is 4. The Balaban J connectivity index is 0.000000231. The van der Waals surface area contributed by atoms with Gasteiger partial charge in [0.05, 0.1) is 18.7 Å². The summed E-state index contributed by atoms with van der Waals surface area (Å²) in [5.41, 5.74) is 9.45. The van der Waals surface area contributed by atoms with E-state index in [1.54, 1.807) is 16.7 Å². The lowest BCUT2D eigenvalue weighted by molar-refractivity contribution is -0.161. The first-order chi connectivity index (χ1) is 20.0. The average Bonchev–Trinajstić information content (AvgIpc) is 3.00. The van der Waals surface area contributed by atoms with Gasteiger partial charge in [-0.25, -0.2) is 4.79 Å². The highest BCUT2D eigenvalue weighted by atomic mass is 16.5. The number of rotatable bonds is 5. The Morgan fingerprint density at radius 1 is 0.762 bits per heavy atom. The Hall–Kier alpha value is -4.08. The molecule has 2 saturated heterocycles. The summed E-state index contributed by atoms with van der Waals surface area (Å²) in [6.45, 7) is 3.13. The second kappa shape index (κ2) is 15.2. The van der Waals surface area contributed by atoms with Gasteiger partial charge in [0.15, 0.2) is 0 Å². The van der Waals surface area contributed by atoms with E-state index in [9.17, 15) is 19.2 Å². The van der Waals surface area contributed by atoms with Gasteiger partial charge in [-0.3, -0.25) is 14.4 Å². The third-order valence-electron chi connectivity index (χ3n) is 7.73. The van der Waals surface area contributed by atoms with Crippen molar-refractivity contribution in [1.82, 2.24) is 9.80 Å². The minimum Gasteiger partial charge on any atom is -0.459 e. The topological polar surface area (TPSA) is 116 Å². The predicted octanol–water partition coefficient (Wildman–Crippen LogP) is 3.66. The van der Waals surface area contributed by atoms with E-state index < -0.39 is 23.7 Å². The standard InChI is InChI=1S/C17H24N2O3.C15H21N3O2/c1-4-22-17(21)16(20)19-11-6-5-10-15(19)13-8-7-9-14(12-13)18(2)3;1-17(2)12-7-5-6-11(10-12)13-8-3-4-9-18(13)15(20)14(16)19/h7-9,12,15H,4-6,10-11H2,1-3H3;5-7,10,13H,3-4,8-9H2,1-2H3,(H2,16,19). The van der Waals surface area contributed by atoms with Crippen LogP contribution in [-0.4, -0.2) is 81.4 Å². The molecule has 2 N–H and O–H groups in total. The van der Waals surface area contributed by atoms with E-state index in [-0.39, 0.29) is 18.7 Å². The zero-order valence-corrected chi connectivity index (χ0v) is 25.5. The van der Waals surface area contributed by atoms with Crippen LogP contribution in [0.1, 0.15) is 68.7 Å². The SMILES string of the molecule is CCOC(=O)C(=O)N1CCCCC1c1cccc(N(C)C)c1.CN(C)c1cccc(C2CCCCN2C(=O)C(N)=O)c1. The second-order valence-electron chi connectivity index (χ2n) is 11.1. The molecule has 2 aromatic rings. The van der Waals surface area contributed by atoms with Crippen molar-refractivity contribution < 1.29 is 23.9 Å². The third-order valence-corrected chi connectivity index (χ3v) is 7.73. The number of carbonyl (C=O) groups is 4. The molecule has 0 radical (unpaired) electrons. The van der Waals surface area contributed by atoms with Gasteiger partial charge in [-0.1, -0.05) is 24.3 Å². The number of hydrogen-bond donors (Lipinski definition) is 1. The van der Waals surface area contributed by atoms with Crippen LogP contribution < -0.4 is 15.5 Å². The van der Waals surface area contributed by atoms with E-state index in [0.29, 0.717) is 13.1 Å². The number of piperidine rings is 2. The van der Waals surface area contributed by atoms with Gasteiger partial charge in [0.25, 0.3) is 0 Å². The number of carbonyl (C=O) groups excluding carboxylic acids is 4. The molecule has 42 heavy (non-hydrogen) atoms. The molecule has 2 heterocycles. The highest BCUT2D eigenvalue weighted by molar-refractivity contribution is 6.34. The van der Waals surface area contributed by atoms with Gasteiger partial charge in [0.1, 0.15) is 0 Å². The maximum atomic E-state index is 12.3. The Labute approximate surface area is 249 Å². The third kappa shape index (κ3) is 8.24. The van der Waals surface area contributed by atoms with Crippen LogP contribution in [-0.2, 0) is 23.9 Å². The van der Waals surface area contributed by atoms with Gasteiger partial charge in [0.2, 0.25) is 0 Å². The number of hydrogen-bond acceptors (Lipinski definition) is 7. The number of primary amides is 1. The molecule has 228 valence electrons. The molecule has 2 unspecified atom stereocenters. The molecule has 3 amide bonds. The number of ether oxygens (including phenoxy) is 1. The molecule has 0 spiro atoms. The monoisotopic (exact) mass is 579 g/mol. The van der Waals surface area contributed by atoms with E-state index in [2.05, 4.69) is 12.1 Å². The van der Waals surface area contributed by atoms with E-state index in [1.165, 1.54) is 0 Å². The summed E-state index contributed by atoms with van der Waals surface area (Å²) in [7, 11) is 7.93. The summed E-state index contributed by atoms with van der Waals surface area (Å²) in [6, 6.07) is 16.1. The Morgan fingerprint density at radius 2 is 1.21 bits per heavy atom. The Kier molecular flexibility index (Phi) is 11.8. The highest BCUT2D eigenvalue weighted by Crippen LogP contribution is 2.34. The maximum absolute atomic E-state index is 12.3. The van der Waals surface area contributed by atoms with Gasteiger partial charge in [0, 0.05) is 52.7 Å². The van der Waals surface area contributed by atoms with E-state index in [1.807, 2.05) is 74.4 Å². The lowest BCUT2D eigenvalue weighted by atomic mass is 9.94. The molecule has 0 aliphatic carbocycles. The number of amides is 3. The Bertz CT molecular complexity index is 1250. The van der Waals surface area contributed by atoms with Crippen LogP contribution >= 0.6 is 0 Å². The first-order valence-electron chi connectivity index (χ1n) is 14.7. The summed E-state index contributed by atoms with van der Waals surface area (Å²) in [4.78, 5) is 54.5. The van der Waals surface area contributed by atoms with E-state index in [0.717, 1.165) is 61.0 Å². The number of esters is 1. The van der Waals surface area contributed by atoms with Crippen LogP contribution in [0.5, 0.6) is 0 Å². The molecule has 0 saturated carbocycles. The summed E-state index contributed by atoms with van der Waals surface area (Å²) >= 11 is 0. The largest absolute Gasteiger partial charge is 0.459 e. The molecule has 10 nitrogen and oxygen atoms in total. The molecule has 10 heteroatoms. The molecular weight excluding hydrogens is 534 g/mol. The first-order valence-corrected chi connectivity index (χ1v) is 14.7. The van der Waals surface area contributed by atoms with Gasteiger partial charge < -0.3 is 30.1 Å². The van der Waals surface area contributed by atoms with E-state index in [4.69, 9.17) is 10.5 Å². The fourth-order valence-electron chi connectivity index (χ4n) is 5.51. The zero-order chi connectivity index (χ0) is 30.8. The fraction of sp³-hybridized carbons (Fsp3) is 0.500. The zero-order valence-electron chi connectivity index (χ0n) is 25.5. The lowest BCUT2D eigenvalue weighted by Gasteiger charge is -2.35. The molecule has 2 aromatic carbocycles. The highest BCUT2D eigenvalue weighted by Gasteiger charge is 2.33. The minimum atomic E-state index is -0.874. The van der Waals surface area contributed by atoms with Crippen molar-refractivity contribution in [2.24, 2.45) is 5.73 Å². The normalized spacial score (nSPS) is 18.3. The smallest absolute Gasteiger partial charge is 0.397 e. The van der Waals surface area contributed by atoms with Crippen LogP contribution in [0.25, 0.3) is 0 Å². The molecule has 0 bridgehead atoms. The summed E-state index contributed by atoms with van der Waals surface area (Å²) < 4.78 is 4.86. The number of benzene rings is 2. The van der Waals surface area contributed by atoms with Crippen LogP contribution in [0, 0.1) is 0 Å². The van der Waals surface area contributed by atoms with Crippen molar-refractivity contribution >= 4 is 35.1 Å². The molecule has 2 fully saturated rings. The quantitative estimate of drug-likeness (QED) is 0.425. The Morgan fingerprint density at radius 3 is 1.62 bits per heavy atom. The molecule has 4 rings (SSSR count). The summed E-state index contributed by atoms with van der Waals surface area (Å²) in [6.07, 6.45) is 5.71. The van der Waals surface area contributed by atoms with Gasteiger partial charge in [-0.15, -0.1) is 0 Å². The lowest BCUT2D eigenvalue weighted by Crippen LogP contribution is -2.44. The molecule has 2 aliphatic rings. The van der Waals surface area contributed by atoms with Crippen LogP contribution in [0.15, 0.2) is 48.5 Å². The average molecular weight is 580 g/mol. The van der Waals surface area contributed by atoms with Crippen molar-refractivity contribution in [2.75, 3.05) is 57.7 Å². The molecule has 0 aromatic heterocycles.